The van der Waals surface area contributed by atoms with Gasteiger partial charge < -0.3 is 5.11 Å². The van der Waals surface area contributed by atoms with Gasteiger partial charge in [0.2, 0.25) is 0 Å². The molecule has 1 aromatic heterocycles. The lowest BCUT2D eigenvalue weighted by atomic mass is 10.1. The van der Waals surface area contributed by atoms with Crippen LogP contribution in [0, 0.1) is 12.7 Å². The fraction of sp³-hybridized carbons (Fsp3) is 0.125. The van der Waals surface area contributed by atoms with Gasteiger partial charge in [-0.15, -0.1) is 0 Å². The zero-order valence-electron chi connectivity index (χ0n) is 11.8. The standard InChI is InChI=1S/C16H10F4N2O/c1-8-14(10-6-5-9(23)7-12(10)17)22-15-11(16(18,19)20)3-2-4-13(15)21-8/h2-7,23H,1H3. The summed E-state index contributed by atoms with van der Waals surface area (Å²) >= 11 is 0. The Hall–Kier alpha value is -2.70. The number of phenols is 1. The van der Waals surface area contributed by atoms with E-state index in [9.17, 15) is 22.7 Å². The van der Waals surface area contributed by atoms with Gasteiger partial charge in [0.15, 0.2) is 0 Å². The molecule has 0 saturated heterocycles. The fourth-order valence-electron chi connectivity index (χ4n) is 2.35. The molecule has 0 fully saturated rings. The van der Waals surface area contributed by atoms with Gasteiger partial charge in [0.25, 0.3) is 0 Å². The van der Waals surface area contributed by atoms with E-state index in [0.29, 0.717) is 5.69 Å². The van der Waals surface area contributed by atoms with Gasteiger partial charge in [-0.3, -0.25) is 0 Å². The lowest BCUT2D eigenvalue weighted by Gasteiger charge is -2.12. The molecule has 0 spiro atoms. The second-order valence-corrected chi connectivity index (χ2v) is 4.99. The number of hydrogen-bond donors (Lipinski definition) is 1. The molecular weight excluding hydrogens is 312 g/mol. The molecule has 0 saturated carbocycles. The lowest BCUT2D eigenvalue weighted by molar-refractivity contribution is -0.136. The molecule has 2 aromatic carbocycles. The van der Waals surface area contributed by atoms with E-state index in [1.54, 1.807) is 0 Å². The number of rotatable bonds is 1. The van der Waals surface area contributed by atoms with Gasteiger partial charge >= 0.3 is 6.18 Å². The predicted molar refractivity (Wildman–Crippen MR) is 76.3 cm³/mol. The van der Waals surface area contributed by atoms with Crippen molar-refractivity contribution in [3.63, 3.8) is 0 Å². The number of aromatic nitrogens is 2. The molecule has 3 rings (SSSR count). The second kappa shape index (κ2) is 5.19. The Morgan fingerprint density at radius 1 is 1.04 bits per heavy atom. The maximum absolute atomic E-state index is 14.0. The maximum atomic E-state index is 14.0. The summed E-state index contributed by atoms with van der Waals surface area (Å²) in [5.74, 6) is -1.07. The minimum Gasteiger partial charge on any atom is -0.508 e. The first-order valence-electron chi connectivity index (χ1n) is 6.61. The number of aryl methyl sites for hydroxylation is 1. The largest absolute Gasteiger partial charge is 0.508 e. The Morgan fingerprint density at radius 2 is 1.78 bits per heavy atom. The van der Waals surface area contributed by atoms with Crippen LogP contribution in [0.2, 0.25) is 0 Å². The highest BCUT2D eigenvalue weighted by atomic mass is 19.4. The van der Waals surface area contributed by atoms with Gasteiger partial charge in [-0.05, 0) is 31.2 Å². The Bertz CT molecular complexity index is 906. The van der Waals surface area contributed by atoms with E-state index in [0.717, 1.165) is 12.1 Å². The third-order valence-electron chi connectivity index (χ3n) is 3.38. The normalized spacial score (nSPS) is 11.9. The quantitative estimate of drug-likeness (QED) is 0.672. The zero-order valence-corrected chi connectivity index (χ0v) is 11.8. The molecule has 23 heavy (non-hydrogen) atoms. The number of fused-ring (bicyclic) bond motifs is 1. The highest BCUT2D eigenvalue weighted by Crippen LogP contribution is 2.35. The highest BCUT2D eigenvalue weighted by molar-refractivity contribution is 5.82. The summed E-state index contributed by atoms with van der Waals surface area (Å²) in [4.78, 5) is 8.10. The molecule has 7 heteroatoms. The summed E-state index contributed by atoms with van der Waals surface area (Å²) in [5.41, 5.74) is -0.906. The molecule has 118 valence electrons. The Labute approximate surface area is 128 Å². The molecule has 0 aliphatic heterocycles. The Balaban J connectivity index is 2.32. The molecule has 0 unspecified atom stereocenters. The molecule has 3 aromatic rings. The number of aromatic hydroxyl groups is 1. The van der Waals surface area contributed by atoms with Crippen molar-refractivity contribution in [2.24, 2.45) is 0 Å². The first-order chi connectivity index (χ1) is 10.8. The maximum Gasteiger partial charge on any atom is 0.418 e. The van der Waals surface area contributed by atoms with E-state index in [4.69, 9.17) is 0 Å². The molecule has 0 radical (unpaired) electrons. The van der Waals surface area contributed by atoms with E-state index in [2.05, 4.69) is 9.97 Å². The first kappa shape index (κ1) is 15.2. The van der Waals surface area contributed by atoms with Crippen LogP contribution in [0.4, 0.5) is 17.6 Å². The molecule has 0 amide bonds. The van der Waals surface area contributed by atoms with Crippen LogP contribution in [0.25, 0.3) is 22.3 Å². The van der Waals surface area contributed by atoms with E-state index in [1.807, 2.05) is 0 Å². The summed E-state index contributed by atoms with van der Waals surface area (Å²) in [7, 11) is 0. The van der Waals surface area contributed by atoms with Gasteiger partial charge in [0.05, 0.1) is 22.5 Å². The molecule has 0 bridgehead atoms. The van der Waals surface area contributed by atoms with Crippen molar-refractivity contribution in [2.75, 3.05) is 0 Å². The van der Waals surface area contributed by atoms with Crippen molar-refractivity contribution in [3.05, 3.63) is 53.5 Å². The number of halogens is 4. The summed E-state index contributed by atoms with van der Waals surface area (Å²) in [6.45, 7) is 1.54. The molecule has 1 N–H and O–H groups in total. The van der Waals surface area contributed by atoms with Crippen LogP contribution in [-0.2, 0) is 6.18 Å². The SMILES string of the molecule is Cc1nc2cccc(C(F)(F)F)c2nc1-c1ccc(O)cc1F. The minimum absolute atomic E-state index is 0.00620. The third-order valence-corrected chi connectivity index (χ3v) is 3.38. The van der Waals surface area contributed by atoms with E-state index in [-0.39, 0.29) is 28.0 Å². The van der Waals surface area contributed by atoms with Crippen molar-refractivity contribution in [2.45, 2.75) is 13.1 Å². The lowest BCUT2D eigenvalue weighted by Crippen LogP contribution is -2.08. The second-order valence-electron chi connectivity index (χ2n) is 4.99. The topological polar surface area (TPSA) is 46.0 Å². The minimum atomic E-state index is -4.59. The fourth-order valence-corrected chi connectivity index (χ4v) is 2.35. The van der Waals surface area contributed by atoms with Crippen LogP contribution < -0.4 is 0 Å². The average molecular weight is 322 g/mol. The summed E-state index contributed by atoms with van der Waals surface area (Å²) in [5, 5.41) is 9.25. The first-order valence-corrected chi connectivity index (χ1v) is 6.61. The average Bonchev–Trinajstić information content (AvgIpc) is 2.45. The van der Waals surface area contributed by atoms with Crippen LogP contribution in [-0.4, -0.2) is 15.1 Å². The van der Waals surface area contributed by atoms with Crippen molar-refractivity contribution in [3.8, 4) is 17.0 Å². The van der Waals surface area contributed by atoms with E-state index in [1.165, 1.54) is 31.2 Å². The monoisotopic (exact) mass is 322 g/mol. The van der Waals surface area contributed by atoms with Crippen molar-refractivity contribution in [1.29, 1.82) is 0 Å². The predicted octanol–water partition coefficient (Wildman–Crippen LogP) is 4.47. The van der Waals surface area contributed by atoms with Crippen LogP contribution in [0.15, 0.2) is 36.4 Å². The third kappa shape index (κ3) is 2.69. The van der Waals surface area contributed by atoms with Gasteiger partial charge in [0.1, 0.15) is 17.1 Å². The van der Waals surface area contributed by atoms with Crippen molar-refractivity contribution in [1.82, 2.24) is 9.97 Å². The summed E-state index contributed by atoms with van der Waals surface area (Å²) < 4.78 is 53.3. The van der Waals surface area contributed by atoms with Crippen LogP contribution in [0.1, 0.15) is 11.3 Å². The molecule has 3 nitrogen and oxygen atoms in total. The molecule has 0 atom stereocenters. The van der Waals surface area contributed by atoms with Gasteiger partial charge in [-0.25, -0.2) is 14.4 Å². The van der Waals surface area contributed by atoms with Gasteiger partial charge in [0, 0.05) is 11.6 Å². The highest BCUT2D eigenvalue weighted by Gasteiger charge is 2.33. The number of benzene rings is 2. The van der Waals surface area contributed by atoms with E-state index < -0.39 is 17.6 Å². The van der Waals surface area contributed by atoms with Crippen LogP contribution in [0.3, 0.4) is 0 Å². The van der Waals surface area contributed by atoms with Gasteiger partial charge in [-0.2, -0.15) is 13.2 Å². The number of hydrogen-bond acceptors (Lipinski definition) is 3. The van der Waals surface area contributed by atoms with E-state index >= 15 is 0 Å². The number of para-hydroxylation sites is 1. The molecule has 0 aliphatic carbocycles. The smallest absolute Gasteiger partial charge is 0.418 e. The van der Waals surface area contributed by atoms with Crippen molar-refractivity contribution >= 4 is 11.0 Å². The number of nitrogens with zero attached hydrogens (tertiary/aromatic N) is 2. The summed E-state index contributed by atoms with van der Waals surface area (Å²) in [6.07, 6.45) is -4.59. The molecular formula is C16H10F4N2O. The number of alkyl halides is 3. The molecule has 0 aliphatic rings. The van der Waals surface area contributed by atoms with Gasteiger partial charge in [-0.1, -0.05) is 6.07 Å². The van der Waals surface area contributed by atoms with Crippen LogP contribution in [0.5, 0.6) is 5.75 Å². The number of phenolic OH excluding ortho intramolecular Hbond substituents is 1. The Morgan fingerprint density at radius 3 is 2.43 bits per heavy atom. The zero-order chi connectivity index (χ0) is 16.8. The molecule has 1 heterocycles. The van der Waals surface area contributed by atoms with Crippen LogP contribution >= 0.6 is 0 Å². The summed E-state index contributed by atoms with van der Waals surface area (Å²) in [6, 6.07) is 6.93. The van der Waals surface area contributed by atoms with Crippen molar-refractivity contribution < 1.29 is 22.7 Å². The Kier molecular flexibility index (Phi) is 3.43.